The van der Waals surface area contributed by atoms with E-state index in [1.165, 1.54) is 0 Å². The molecule has 3 rings (SSSR count). The molecule has 0 aliphatic heterocycles. The Bertz CT molecular complexity index is 863. The van der Waals surface area contributed by atoms with Gasteiger partial charge in [0.15, 0.2) is 0 Å². The maximum Gasteiger partial charge on any atom is 0.225 e. The molecule has 26 heavy (non-hydrogen) atoms. The maximum atomic E-state index is 12.7. The minimum Gasteiger partial charge on any atom is -0.496 e. The van der Waals surface area contributed by atoms with Gasteiger partial charge in [0.05, 0.1) is 19.6 Å². The van der Waals surface area contributed by atoms with Gasteiger partial charge in [-0.2, -0.15) is 0 Å². The van der Waals surface area contributed by atoms with Crippen molar-refractivity contribution in [1.82, 2.24) is 5.32 Å². The zero-order chi connectivity index (χ0) is 18.4. The van der Waals surface area contributed by atoms with Crippen molar-refractivity contribution in [1.29, 1.82) is 0 Å². The van der Waals surface area contributed by atoms with Gasteiger partial charge in [-0.15, -0.1) is 0 Å². The first-order chi connectivity index (χ1) is 12.7. The number of rotatable bonds is 6. The summed E-state index contributed by atoms with van der Waals surface area (Å²) in [4.78, 5) is 12.7. The van der Waals surface area contributed by atoms with Crippen molar-refractivity contribution >= 4 is 17.5 Å². The molecule has 0 aliphatic rings. The first kappa shape index (κ1) is 18.0. The molecular weight excluding hydrogens is 346 g/mol. The number of ether oxygens (including phenoxy) is 1. The lowest BCUT2D eigenvalue weighted by atomic mass is 9.98. The Balaban J connectivity index is 1.83. The van der Waals surface area contributed by atoms with Crippen LogP contribution in [0.2, 0.25) is 5.02 Å². The van der Waals surface area contributed by atoms with Crippen LogP contribution in [0.4, 0.5) is 0 Å². The number of methoxy groups -OCH3 is 1. The second-order valence-corrected chi connectivity index (χ2v) is 6.39. The molecule has 0 fully saturated rings. The summed E-state index contributed by atoms with van der Waals surface area (Å²) in [5.41, 5.74) is 2.85. The van der Waals surface area contributed by atoms with Crippen molar-refractivity contribution in [3.63, 3.8) is 0 Å². The molecular formula is C22H20ClNO2. The van der Waals surface area contributed by atoms with E-state index >= 15 is 0 Å². The molecule has 3 nitrogen and oxygen atoms in total. The second kappa shape index (κ2) is 8.54. The number of para-hydroxylation sites is 1. The minimum absolute atomic E-state index is 0.0710. The standard InChI is InChI=1S/C22H20ClNO2/c1-26-20-10-6-5-9-18(20)15-21(25)24-22(16-7-3-2-4-8-16)17-11-13-19(23)14-12-17/h2-14,22H,15H2,1H3,(H,24,25). The van der Waals surface area contributed by atoms with Gasteiger partial charge in [0.25, 0.3) is 0 Å². The van der Waals surface area contributed by atoms with E-state index in [0.717, 1.165) is 16.7 Å². The molecule has 4 heteroatoms. The van der Waals surface area contributed by atoms with Gasteiger partial charge in [-0.1, -0.05) is 72.3 Å². The average molecular weight is 366 g/mol. The van der Waals surface area contributed by atoms with Crippen LogP contribution in [0.1, 0.15) is 22.7 Å². The maximum absolute atomic E-state index is 12.7. The molecule has 0 aliphatic carbocycles. The van der Waals surface area contributed by atoms with Crippen LogP contribution in [0.3, 0.4) is 0 Å². The van der Waals surface area contributed by atoms with Crippen LogP contribution < -0.4 is 10.1 Å². The zero-order valence-corrected chi connectivity index (χ0v) is 15.2. The van der Waals surface area contributed by atoms with Crippen LogP contribution in [0.25, 0.3) is 0 Å². The van der Waals surface area contributed by atoms with Crippen molar-refractivity contribution in [3.8, 4) is 5.75 Å². The van der Waals surface area contributed by atoms with Crippen molar-refractivity contribution in [2.75, 3.05) is 7.11 Å². The Kier molecular flexibility index (Phi) is 5.92. The summed E-state index contributed by atoms with van der Waals surface area (Å²) in [6.45, 7) is 0. The topological polar surface area (TPSA) is 38.3 Å². The predicted molar refractivity (Wildman–Crippen MR) is 105 cm³/mol. The van der Waals surface area contributed by atoms with Crippen molar-refractivity contribution in [2.45, 2.75) is 12.5 Å². The number of amides is 1. The molecule has 0 heterocycles. The lowest BCUT2D eigenvalue weighted by molar-refractivity contribution is -0.121. The predicted octanol–water partition coefficient (Wildman–Crippen LogP) is 4.80. The van der Waals surface area contributed by atoms with Crippen LogP contribution >= 0.6 is 11.6 Å². The van der Waals surface area contributed by atoms with Crippen molar-refractivity contribution < 1.29 is 9.53 Å². The number of hydrogen-bond acceptors (Lipinski definition) is 2. The first-order valence-electron chi connectivity index (χ1n) is 8.39. The highest BCUT2D eigenvalue weighted by Crippen LogP contribution is 2.24. The van der Waals surface area contributed by atoms with Gasteiger partial charge >= 0.3 is 0 Å². The monoisotopic (exact) mass is 365 g/mol. The molecule has 0 bridgehead atoms. The van der Waals surface area contributed by atoms with E-state index < -0.39 is 0 Å². The van der Waals surface area contributed by atoms with E-state index in [0.29, 0.717) is 10.8 Å². The number of carbonyl (C=O) groups is 1. The molecule has 1 unspecified atom stereocenters. The normalized spacial score (nSPS) is 11.6. The Morgan fingerprint density at radius 1 is 0.923 bits per heavy atom. The second-order valence-electron chi connectivity index (χ2n) is 5.95. The fraction of sp³-hybridized carbons (Fsp3) is 0.136. The van der Waals surface area contributed by atoms with Gasteiger partial charge in [0.1, 0.15) is 5.75 Å². The van der Waals surface area contributed by atoms with Crippen molar-refractivity contribution in [2.24, 2.45) is 0 Å². The lowest BCUT2D eigenvalue weighted by Crippen LogP contribution is -2.30. The number of hydrogen-bond donors (Lipinski definition) is 1. The molecule has 0 radical (unpaired) electrons. The zero-order valence-electron chi connectivity index (χ0n) is 14.5. The molecule has 1 atom stereocenters. The van der Waals surface area contributed by atoms with Crippen LogP contribution in [0.5, 0.6) is 5.75 Å². The van der Waals surface area contributed by atoms with E-state index in [-0.39, 0.29) is 18.4 Å². The third-order valence-corrected chi connectivity index (χ3v) is 4.44. The molecule has 132 valence electrons. The van der Waals surface area contributed by atoms with Gasteiger partial charge in [0, 0.05) is 10.6 Å². The number of carbonyl (C=O) groups excluding carboxylic acids is 1. The fourth-order valence-electron chi connectivity index (χ4n) is 2.89. The highest BCUT2D eigenvalue weighted by atomic mass is 35.5. The Morgan fingerprint density at radius 3 is 2.23 bits per heavy atom. The Morgan fingerprint density at radius 2 is 1.54 bits per heavy atom. The SMILES string of the molecule is COc1ccccc1CC(=O)NC(c1ccccc1)c1ccc(Cl)cc1. The molecule has 1 amide bonds. The van der Waals surface area contributed by atoms with E-state index in [4.69, 9.17) is 16.3 Å². The molecule has 0 aromatic heterocycles. The molecule has 3 aromatic carbocycles. The number of nitrogens with one attached hydrogen (secondary N) is 1. The van der Waals surface area contributed by atoms with Gasteiger partial charge < -0.3 is 10.1 Å². The summed E-state index contributed by atoms with van der Waals surface area (Å²) in [6, 6.07) is 24.7. The summed E-state index contributed by atoms with van der Waals surface area (Å²) >= 11 is 6.01. The van der Waals surface area contributed by atoms with Gasteiger partial charge in [-0.3, -0.25) is 4.79 Å². The van der Waals surface area contributed by atoms with Crippen LogP contribution in [-0.4, -0.2) is 13.0 Å². The van der Waals surface area contributed by atoms with Gasteiger partial charge in [-0.05, 0) is 29.3 Å². The highest BCUT2D eigenvalue weighted by Gasteiger charge is 2.18. The highest BCUT2D eigenvalue weighted by molar-refractivity contribution is 6.30. The number of halogens is 1. The smallest absolute Gasteiger partial charge is 0.225 e. The molecule has 1 N–H and O–H groups in total. The third kappa shape index (κ3) is 4.44. The van der Waals surface area contributed by atoms with E-state index in [1.807, 2.05) is 78.9 Å². The van der Waals surface area contributed by atoms with E-state index in [1.54, 1.807) is 7.11 Å². The van der Waals surface area contributed by atoms with E-state index in [9.17, 15) is 4.79 Å². The minimum atomic E-state index is -0.240. The summed E-state index contributed by atoms with van der Waals surface area (Å²) in [5.74, 6) is 0.642. The first-order valence-corrected chi connectivity index (χ1v) is 8.77. The fourth-order valence-corrected chi connectivity index (χ4v) is 3.02. The number of benzene rings is 3. The quantitative estimate of drug-likeness (QED) is 0.681. The average Bonchev–Trinajstić information content (AvgIpc) is 2.68. The van der Waals surface area contributed by atoms with Crippen LogP contribution in [0.15, 0.2) is 78.9 Å². The van der Waals surface area contributed by atoms with E-state index in [2.05, 4.69) is 5.32 Å². The van der Waals surface area contributed by atoms with Crippen LogP contribution in [-0.2, 0) is 11.2 Å². The third-order valence-electron chi connectivity index (χ3n) is 4.19. The van der Waals surface area contributed by atoms with Crippen LogP contribution in [0, 0.1) is 0 Å². The van der Waals surface area contributed by atoms with Gasteiger partial charge in [0.2, 0.25) is 5.91 Å². The molecule has 0 saturated heterocycles. The molecule has 0 spiro atoms. The Hall–Kier alpha value is -2.78. The van der Waals surface area contributed by atoms with Crippen molar-refractivity contribution in [3.05, 3.63) is 101 Å². The summed E-state index contributed by atoms with van der Waals surface area (Å²) < 4.78 is 5.34. The largest absolute Gasteiger partial charge is 0.496 e. The summed E-state index contributed by atoms with van der Waals surface area (Å²) in [6.07, 6.45) is 0.251. The Labute approximate surface area is 158 Å². The van der Waals surface area contributed by atoms with Gasteiger partial charge in [-0.25, -0.2) is 0 Å². The molecule has 3 aromatic rings. The molecule has 0 saturated carbocycles. The summed E-state index contributed by atoms with van der Waals surface area (Å²) in [5, 5.41) is 3.80. The lowest BCUT2D eigenvalue weighted by Gasteiger charge is -2.20. The summed E-state index contributed by atoms with van der Waals surface area (Å²) in [7, 11) is 1.61.